The van der Waals surface area contributed by atoms with E-state index in [9.17, 15) is 24.3 Å². The molecule has 0 aliphatic rings. The quantitative estimate of drug-likeness (QED) is 0.153. The highest BCUT2D eigenvalue weighted by atomic mass is 31.2. The van der Waals surface area contributed by atoms with Gasteiger partial charge in [-0.05, 0) is 48.4 Å². The number of phenolic OH excluding ortho intramolecular Hbond substituents is 1. The van der Waals surface area contributed by atoms with E-state index in [1.165, 1.54) is 24.3 Å². The van der Waals surface area contributed by atoms with Crippen molar-refractivity contribution in [1.29, 1.82) is 0 Å². The molecule has 12 heteroatoms. The number of nitrogen functional groups attached to an aromatic ring is 1. The van der Waals surface area contributed by atoms with Crippen molar-refractivity contribution in [3.8, 4) is 11.5 Å². The average Bonchev–Trinajstić information content (AvgIpc) is 3.21. The Hall–Kier alpha value is -3.92. The highest BCUT2D eigenvalue weighted by Crippen LogP contribution is 2.41. The summed E-state index contributed by atoms with van der Waals surface area (Å²) in [5.41, 5.74) is 9.25. The van der Waals surface area contributed by atoms with Crippen LogP contribution in [0.15, 0.2) is 49.1 Å². The summed E-state index contributed by atoms with van der Waals surface area (Å²) in [5, 5.41) is 13.6. The first-order chi connectivity index (χ1) is 17.6. The summed E-state index contributed by atoms with van der Waals surface area (Å²) in [6.07, 6.45) is 3.58. The number of anilines is 1. The van der Waals surface area contributed by atoms with Crippen molar-refractivity contribution in [3.05, 3.63) is 66.0 Å². The number of carbonyl (C=O) groups excluding carboxylic acids is 1. The van der Waals surface area contributed by atoms with Gasteiger partial charge in [-0.25, -0.2) is 14.5 Å². The number of aromatic nitrogens is 3. The van der Waals surface area contributed by atoms with E-state index in [2.05, 4.69) is 23.8 Å². The Morgan fingerprint density at radius 3 is 2.73 bits per heavy atom. The lowest BCUT2D eigenvalue weighted by atomic mass is 10.1. The Morgan fingerprint density at radius 2 is 2.03 bits per heavy atom. The van der Waals surface area contributed by atoms with Gasteiger partial charge in [0.1, 0.15) is 22.8 Å². The number of phosphoric acid groups is 1. The fourth-order valence-electron chi connectivity index (χ4n) is 4.15. The Balaban J connectivity index is 1.92. The summed E-state index contributed by atoms with van der Waals surface area (Å²) >= 11 is 0. The molecule has 0 spiro atoms. The zero-order valence-electron chi connectivity index (χ0n) is 20.2. The van der Waals surface area contributed by atoms with Crippen LogP contribution in [0.3, 0.4) is 0 Å². The molecule has 0 bridgehead atoms. The Kier molecular flexibility index (Phi) is 7.49. The Labute approximate surface area is 212 Å². The third kappa shape index (κ3) is 5.91. The number of rotatable bonds is 10. The first kappa shape index (κ1) is 26.2. The van der Waals surface area contributed by atoms with Crippen molar-refractivity contribution in [2.24, 2.45) is 0 Å². The summed E-state index contributed by atoms with van der Waals surface area (Å²) in [4.78, 5) is 39.7. The van der Waals surface area contributed by atoms with Gasteiger partial charge in [0.2, 0.25) is 5.91 Å². The van der Waals surface area contributed by atoms with Crippen LogP contribution in [0.5, 0.6) is 11.5 Å². The average molecular weight is 526 g/mol. The number of nitrogens with one attached hydrogen (secondary N) is 1. The maximum atomic E-state index is 11.7. The van der Waals surface area contributed by atoms with Gasteiger partial charge in [-0.3, -0.25) is 14.6 Å². The number of unbranched alkanes of at least 4 members (excludes halogenated alkanes) is 1. The van der Waals surface area contributed by atoms with Gasteiger partial charge in [-0.1, -0.05) is 26.0 Å². The van der Waals surface area contributed by atoms with E-state index in [0.717, 1.165) is 23.8 Å². The normalized spacial score (nSPS) is 11.6. The molecule has 4 rings (SSSR count). The molecule has 0 unspecified atom stereocenters. The van der Waals surface area contributed by atoms with Crippen molar-refractivity contribution in [2.75, 3.05) is 5.73 Å². The predicted octanol–water partition coefficient (Wildman–Crippen LogP) is 3.54. The summed E-state index contributed by atoms with van der Waals surface area (Å²) in [6.45, 7) is 5.89. The van der Waals surface area contributed by atoms with Crippen molar-refractivity contribution in [3.63, 3.8) is 0 Å². The number of phenols is 1. The molecule has 0 aliphatic heterocycles. The second-order valence-electron chi connectivity index (χ2n) is 8.56. The van der Waals surface area contributed by atoms with Crippen LogP contribution in [-0.2, 0) is 28.9 Å². The molecule has 6 N–H and O–H groups in total. The molecule has 194 valence electrons. The Morgan fingerprint density at radius 1 is 1.24 bits per heavy atom. The summed E-state index contributed by atoms with van der Waals surface area (Å²) < 4.78 is 18.4. The van der Waals surface area contributed by atoms with Crippen LogP contribution in [0.25, 0.3) is 21.9 Å². The van der Waals surface area contributed by atoms with Gasteiger partial charge in [-0.2, -0.15) is 0 Å². The lowest BCUT2D eigenvalue weighted by molar-refractivity contribution is -0.116. The minimum atomic E-state index is -4.85. The number of amides is 1. The predicted molar refractivity (Wildman–Crippen MR) is 140 cm³/mol. The minimum Gasteiger partial charge on any atom is -0.508 e. The number of hydrogen-bond acceptors (Lipinski definition) is 7. The zero-order valence-corrected chi connectivity index (χ0v) is 21.1. The van der Waals surface area contributed by atoms with Crippen molar-refractivity contribution >= 4 is 41.5 Å². The second-order valence-corrected chi connectivity index (χ2v) is 9.72. The SMILES string of the molecule is C=CC(=O)NCc1ccc2nc(N)c3nc(CCCC)n(Cc4cc(O)ccc4OP(=O)(O)O)c3c2c1. The highest BCUT2D eigenvalue weighted by Gasteiger charge is 2.22. The monoisotopic (exact) mass is 525 g/mol. The number of nitrogens with two attached hydrogens (primary N) is 1. The molecule has 11 nitrogen and oxygen atoms in total. The molecule has 0 atom stereocenters. The number of benzene rings is 2. The van der Waals surface area contributed by atoms with Gasteiger partial charge in [-0.15, -0.1) is 0 Å². The zero-order chi connectivity index (χ0) is 26.7. The standard InChI is InChI=1S/C25H28N5O6P/c1-3-5-6-21-29-23-24(30(21)14-16-12-17(31)8-10-20(16)36-37(33,34)35)18-11-15(13-27-22(32)4-2)7-9-19(18)28-25(23)26/h4,7-12,31H,2-3,5-6,13-14H2,1H3,(H2,26,28)(H,27,32)(H2,33,34,35). The van der Waals surface area contributed by atoms with Gasteiger partial charge < -0.3 is 25.2 Å². The first-order valence-electron chi connectivity index (χ1n) is 11.6. The largest absolute Gasteiger partial charge is 0.524 e. The number of phosphoric ester groups is 1. The number of pyridine rings is 1. The van der Waals surface area contributed by atoms with E-state index in [0.29, 0.717) is 34.4 Å². The van der Waals surface area contributed by atoms with Crippen LogP contribution in [-0.4, -0.2) is 35.3 Å². The van der Waals surface area contributed by atoms with Crippen molar-refractivity contribution in [2.45, 2.75) is 39.3 Å². The van der Waals surface area contributed by atoms with E-state index in [1.54, 1.807) is 6.07 Å². The third-order valence-corrected chi connectivity index (χ3v) is 6.28. The van der Waals surface area contributed by atoms with E-state index >= 15 is 0 Å². The molecule has 4 aromatic rings. The molecular formula is C25H28N5O6P. The number of fused-ring (bicyclic) bond motifs is 3. The van der Waals surface area contributed by atoms with Crippen LogP contribution in [0, 0.1) is 0 Å². The van der Waals surface area contributed by atoms with Crippen molar-refractivity contribution < 1.29 is 28.8 Å². The van der Waals surface area contributed by atoms with Gasteiger partial charge in [0.25, 0.3) is 0 Å². The number of carbonyl (C=O) groups is 1. The van der Waals surface area contributed by atoms with Crippen LogP contribution in [0.1, 0.15) is 36.7 Å². The smallest absolute Gasteiger partial charge is 0.508 e. The van der Waals surface area contributed by atoms with Gasteiger partial charge in [0.15, 0.2) is 5.82 Å². The summed E-state index contributed by atoms with van der Waals surface area (Å²) in [7, 11) is -4.85. The fraction of sp³-hybridized carbons (Fsp3) is 0.240. The van der Waals surface area contributed by atoms with Gasteiger partial charge >= 0.3 is 7.82 Å². The van der Waals surface area contributed by atoms with E-state index in [4.69, 9.17) is 15.2 Å². The second kappa shape index (κ2) is 10.6. The van der Waals surface area contributed by atoms with Gasteiger partial charge in [0, 0.05) is 23.9 Å². The van der Waals surface area contributed by atoms with E-state index in [1.807, 2.05) is 16.7 Å². The third-order valence-electron chi connectivity index (χ3n) is 5.84. The van der Waals surface area contributed by atoms with E-state index in [-0.39, 0.29) is 36.3 Å². The number of aryl methyl sites for hydroxylation is 1. The van der Waals surface area contributed by atoms with Crippen LogP contribution in [0.4, 0.5) is 5.82 Å². The lowest BCUT2D eigenvalue weighted by Gasteiger charge is -2.16. The molecule has 1 amide bonds. The van der Waals surface area contributed by atoms with Crippen LogP contribution in [0.2, 0.25) is 0 Å². The minimum absolute atomic E-state index is 0.0615. The Bertz CT molecular complexity index is 1540. The topological polar surface area (TPSA) is 173 Å². The molecule has 0 saturated heterocycles. The fourth-order valence-corrected chi connectivity index (χ4v) is 4.58. The summed E-state index contributed by atoms with van der Waals surface area (Å²) in [5.74, 6) is 0.504. The molecule has 2 heterocycles. The molecule has 0 radical (unpaired) electrons. The molecule has 2 aromatic heterocycles. The molecule has 0 saturated carbocycles. The molecular weight excluding hydrogens is 497 g/mol. The lowest BCUT2D eigenvalue weighted by Crippen LogP contribution is -2.19. The van der Waals surface area contributed by atoms with Crippen molar-refractivity contribution in [1.82, 2.24) is 19.9 Å². The van der Waals surface area contributed by atoms with Crippen LogP contribution < -0.4 is 15.6 Å². The molecule has 0 fully saturated rings. The number of nitrogens with zero attached hydrogens (tertiary/aromatic N) is 3. The number of hydrogen-bond donors (Lipinski definition) is 5. The maximum absolute atomic E-state index is 11.7. The maximum Gasteiger partial charge on any atom is 0.524 e. The van der Waals surface area contributed by atoms with Gasteiger partial charge in [0.05, 0.1) is 17.6 Å². The summed E-state index contributed by atoms with van der Waals surface area (Å²) in [6, 6.07) is 9.53. The number of aromatic hydroxyl groups is 1. The highest BCUT2D eigenvalue weighted by molar-refractivity contribution is 7.46. The van der Waals surface area contributed by atoms with E-state index < -0.39 is 7.82 Å². The molecule has 0 aliphatic carbocycles. The molecule has 37 heavy (non-hydrogen) atoms. The first-order valence-corrected chi connectivity index (χ1v) is 13.2. The van der Waals surface area contributed by atoms with Crippen LogP contribution >= 0.6 is 7.82 Å². The number of imidazole rings is 1. The molecule has 2 aromatic carbocycles.